The number of nitrogens with zero attached hydrogens (tertiary/aromatic N) is 6. The van der Waals surface area contributed by atoms with Gasteiger partial charge in [0.1, 0.15) is 0 Å². The van der Waals surface area contributed by atoms with Gasteiger partial charge in [-0.2, -0.15) is 0 Å². The van der Waals surface area contributed by atoms with E-state index in [2.05, 4.69) is 9.47 Å². The van der Waals surface area contributed by atoms with Gasteiger partial charge in [-0.15, -0.1) is 0 Å². The van der Waals surface area contributed by atoms with Gasteiger partial charge in [0.05, 0.1) is 6.61 Å². The van der Waals surface area contributed by atoms with Crippen molar-refractivity contribution in [1.29, 1.82) is 0 Å². The second kappa shape index (κ2) is 7.28. The van der Waals surface area contributed by atoms with E-state index in [9.17, 15) is 60.7 Å². The Balaban J connectivity index is 3.04. The first-order valence-electron chi connectivity index (χ1n) is 6.45. The van der Waals surface area contributed by atoms with Gasteiger partial charge in [-0.25, -0.2) is 0 Å². The quantitative estimate of drug-likeness (QED) is 0.225. The summed E-state index contributed by atoms with van der Waals surface area (Å²) < 4.78 is 9.16. The van der Waals surface area contributed by atoms with E-state index in [4.69, 9.17) is 0 Å². The summed E-state index contributed by atoms with van der Waals surface area (Å²) in [5.41, 5.74) is 0. The van der Waals surface area contributed by atoms with Gasteiger partial charge >= 0.3 is 11.6 Å². The van der Waals surface area contributed by atoms with Crippen LogP contribution in [0.1, 0.15) is 6.42 Å². The highest BCUT2D eigenvalue weighted by Gasteiger charge is 2.78. The van der Waals surface area contributed by atoms with Crippen molar-refractivity contribution in [1.82, 2.24) is 0 Å². The van der Waals surface area contributed by atoms with Crippen molar-refractivity contribution < 1.29 is 39.0 Å². The summed E-state index contributed by atoms with van der Waals surface area (Å²) in [5.74, 6) is -9.99. The van der Waals surface area contributed by atoms with Gasteiger partial charge in [0, 0.05) is 6.42 Å². The molecule has 0 spiro atoms. The minimum Gasteiger partial charge on any atom is -0.351 e. The number of rotatable bonds is 10. The van der Waals surface area contributed by atoms with Gasteiger partial charge in [0.15, 0.2) is 35.8 Å². The normalized spacial score (nSPS) is 20.0. The molecule has 2 atom stereocenters. The van der Waals surface area contributed by atoms with Crippen LogP contribution in [0.3, 0.4) is 0 Å². The van der Waals surface area contributed by atoms with Crippen molar-refractivity contribution in [2.45, 2.75) is 24.3 Å². The van der Waals surface area contributed by atoms with Crippen LogP contribution < -0.4 is 0 Å². The second-order valence-corrected chi connectivity index (χ2v) is 5.01. The van der Waals surface area contributed by atoms with E-state index in [1.54, 1.807) is 0 Å². The Morgan fingerprint density at radius 1 is 0.778 bits per heavy atom. The standard InChI is InChI=1S/C7H8N6O14/c14-8(15)6(9(16)17,10(18)19)3-27-5-1-4(2-26-5)7(11(20)21,12(22)23)13(24)25/h4-5H,1-3H2/t4-,5+/m1/s1. The molecule has 0 unspecified atom stereocenters. The molecule has 0 aromatic rings. The molecule has 1 heterocycles. The minimum absolute atomic E-state index is 0.952. The lowest BCUT2D eigenvalue weighted by Gasteiger charge is -2.14. The van der Waals surface area contributed by atoms with Gasteiger partial charge < -0.3 is 9.47 Å². The maximum atomic E-state index is 10.9. The van der Waals surface area contributed by atoms with Crippen LogP contribution in [0, 0.1) is 66.6 Å². The summed E-state index contributed by atoms with van der Waals surface area (Å²) in [6.45, 7) is -2.80. The molecule has 0 aromatic heterocycles. The van der Waals surface area contributed by atoms with E-state index < -0.39 is 73.0 Å². The zero-order valence-electron chi connectivity index (χ0n) is 12.7. The highest BCUT2D eigenvalue weighted by atomic mass is 16.8. The number of ether oxygens (including phenoxy) is 2. The molecule has 1 fully saturated rings. The molecule has 1 saturated heterocycles. The largest absolute Gasteiger partial charge is 0.723 e. The summed E-state index contributed by atoms with van der Waals surface area (Å²) in [6, 6.07) is 0. The van der Waals surface area contributed by atoms with E-state index in [0.717, 1.165) is 0 Å². The topological polar surface area (TPSA) is 277 Å². The predicted octanol–water partition coefficient (Wildman–Crippen LogP) is -1.67. The first kappa shape index (κ1) is 21.4. The summed E-state index contributed by atoms with van der Waals surface area (Å²) in [5, 5.41) is 65.0. The van der Waals surface area contributed by atoms with Crippen LogP contribution in [0.15, 0.2) is 0 Å². The van der Waals surface area contributed by atoms with Crippen molar-refractivity contribution >= 4 is 0 Å². The Hall–Kier alpha value is -3.68. The number of nitro groups is 6. The van der Waals surface area contributed by atoms with Crippen molar-refractivity contribution in [2.75, 3.05) is 13.2 Å². The van der Waals surface area contributed by atoms with Crippen molar-refractivity contribution in [2.24, 2.45) is 5.92 Å². The monoisotopic (exact) mass is 400 g/mol. The zero-order chi connectivity index (χ0) is 21.2. The molecule has 1 aliphatic heterocycles. The molecular formula is C7H8N6O14. The van der Waals surface area contributed by atoms with E-state index >= 15 is 0 Å². The highest BCUT2D eigenvalue weighted by Crippen LogP contribution is 2.34. The van der Waals surface area contributed by atoms with Gasteiger partial charge in [-0.1, -0.05) is 0 Å². The average molecular weight is 400 g/mol. The summed E-state index contributed by atoms with van der Waals surface area (Å²) in [7, 11) is 0. The second-order valence-electron chi connectivity index (χ2n) is 5.01. The van der Waals surface area contributed by atoms with Gasteiger partial charge in [-0.05, 0) is 0 Å². The Morgan fingerprint density at radius 3 is 1.52 bits per heavy atom. The summed E-state index contributed by atoms with van der Waals surface area (Å²) >= 11 is 0. The lowest BCUT2D eigenvalue weighted by molar-refractivity contribution is -0.978. The van der Waals surface area contributed by atoms with Crippen LogP contribution in [-0.2, 0) is 9.47 Å². The van der Waals surface area contributed by atoms with E-state index in [1.807, 2.05) is 0 Å². The fourth-order valence-corrected chi connectivity index (χ4v) is 2.19. The molecule has 0 radical (unpaired) electrons. The van der Waals surface area contributed by atoms with Crippen LogP contribution in [0.25, 0.3) is 0 Å². The Morgan fingerprint density at radius 2 is 1.19 bits per heavy atom. The number of hydrogen-bond donors (Lipinski definition) is 0. The Bertz CT molecular complexity index is 634. The van der Waals surface area contributed by atoms with Gasteiger partial charge in [0.2, 0.25) is 5.92 Å². The molecule has 0 amide bonds. The van der Waals surface area contributed by atoms with Crippen molar-refractivity contribution in [3.05, 3.63) is 60.7 Å². The Labute approximate surface area is 144 Å². The van der Waals surface area contributed by atoms with Gasteiger partial charge in [0.25, 0.3) is 6.61 Å². The summed E-state index contributed by atoms with van der Waals surface area (Å²) in [6.07, 6.45) is -2.82. The fraction of sp³-hybridized carbons (Fsp3) is 1.00. The molecule has 0 N–H and O–H groups in total. The van der Waals surface area contributed by atoms with Crippen LogP contribution in [0.5, 0.6) is 0 Å². The van der Waals surface area contributed by atoms with Crippen LogP contribution in [0.2, 0.25) is 0 Å². The zero-order valence-corrected chi connectivity index (χ0v) is 12.7. The fourth-order valence-electron chi connectivity index (χ4n) is 2.19. The molecule has 27 heavy (non-hydrogen) atoms. The highest BCUT2D eigenvalue weighted by molar-refractivity contribution is 4.76. The molecule has 150 valence electrons. The molecule has 0 aromatic carbocycles. The molecular weight excluding hydrogens is 392 g/mol. The molecule has 0 bridgehead atoms. The molecule has 20 nitrogen and oxygen atoms in total. The third-order valence-corrected chi connectivity index (χ3v) is 3.65. The van der Waals surface area contributed by atoms with Crippen LogP contribution in [-0.4, -0.2) is 60.6 Å². The first-order chi connectivity index (χ1) is 12.3. The molecule has 1 rings (SSSR count). The van der Waals surface area contributed by atoms with Crippen LogP contribution in [0.4, 0.5) is 0 Å². The maximum absolute atomic E-state index is 10.9. The smallest absolute Gasteiger partial charge is 0.351 e. The lowest BCUT2D eigenvalue weighted by atomic mass is 10.0. The molecule has 0 saturated carbocycles. The minimum atomic E-state index is -4.03. The van der Waals surface area contributed by atoms with E-state index in [-0.39, 0.29) is 0 Å². The lowest BCUT2D eigenvalue weighted by Crippen LogP contribution is -2.59. The van der Waals surface area contributed by atoms with Gasteiger partial charge in [-0.3, -0.25) is 60.7 Å². The summed E-state index contributed by atoms with van der Waals surface area (Å²) in [4.78, 5) is 54.1. The molecule has 0 aliphatic carbocycles. The Kier molecular flexibility index (Phi) is 5.76. The van der Waals surface area contributed by atoms with Crippen LogP contribution >= 0.6 is 0 Å². The molecule has 20 heteroatoms. The van der Waals surface area contributed by atoms with Crippen molar-refractivity contribution in [3.63, 3.8) is 0 Å². The average Bonchev–Trinajstić information content (AvgIpc) is 2.95. The number of hydrogen-bond acceptors (Lipinski definition) is 14. The van der Waals surface area contributed by atoms with E-state index in [0.29, 0.717) is 0 Å². The van der Waals surface area contributed by atoms with E-state index in [1.165, 1.54) is 0 Å². The first-order valence-corrected chi connectivity index (χ1v) is 6.45. The predicted molar refractivity (Wildman–Crippen MR) is 71.2 cm³/mol. The molecule has 1 aliphatic rings. The third-order valence-electron chi connectivity index (χ3n) is 3.65. The third kappa shape index (κ3) is 3.24. The van der Waals surface area contributed by atoms with Crippen molar-refractivity contribution in [3.8, 4) is 0 Å². The maximum Gasteiger partial charge on any atom is 0.723 e. The SMILES string of the molecule is O=[N+]([O-])C(CO[C@H]1C[C@@H](C([N+](=O)[O-])([N+](=O)[O-])[N+](=O)[O-])CO1)([N+](=O)[O-])[N+](=O)[O-].